The maximum atomic E-state index is 13.3. The zero-order valence-electron chi connectivity index (χ0n) is 17.1. The molecule has 1 heterocycles. The Hall–Kier alpha value is -2.49. The summed E-state index contributed by atoms with van der Waals surface area (Å²) in [5.74, 6) is 0.393. The Morgan fingerprint density at radius 1 is 0.833 bits per heavy atom. The molecule has 156 valence electrons. The molecule has 0 radical (unpaired) electrons. The molecule has 0 aliphatic carbocycles. The highest BCUT2D eigenvalue weighted by Gasteiger charge is 2.29. The van der Waals surface area contributed by atoms with Gasteiger partial charge in [0, 0.05) is 17.5 Å². The first kappa shape index (κ1) is 22.2. The average Bonchev–Trinajstić information content (AvgIpc) is 2.79. The fraction of sp³-hybridized carbons (Fsp3) is 0.308. The lowest BCUT2D eigenvalue weighted by molar-refractivity contribution is 0.0740. The molecule has 0 saturated carbocycles. The largest absolute Gasteiger partial charge is 0.294 e. The van der Waals surface area contributed by atoms with E-state index in [2.05, 4.69) is 17.0 Å². The SMILES string of the molecule is Cl.O=C(CCCN1CCCCC1C(=O)c1ccc2ccccc2c1)c1ccccc1. The van der Waals surface area contributed by atoms with Gasteiger partial charge in [0.25, 0.3) is 0 Å². The van der Waals surface area contributed by atoms with Gasteiger partial charge in [-0.2, -0.15) is 0 Å². The predicted molar refractivity (Wildman–Crippen MR) is 125 cm³/mol. The summed E-state index contributed by atoms with van der Waals surface area (Å²) in [5.41, 5.74) is 1.57. The second-order valence-corrected chi connectivity index (χ2v) is 7.87. The number of nitrogens with zero attached hydrogens (tertiary/aromatic N) is 1. The second kappa shape index (κ2) is 10.5. The Bertz CT molecular complexity index is 1000. The van der Waals surface area contributed by atoms with Gasteiger partial charge in [0.15, 0.2) is 11.6 Å². The van der Waals surface area contributed by atoms with Gasteiger partial charge in [0.2, 0.25) is 0 Å². The second-order valence-electron chi connectivity index (χ2n) is 7.87. The van der Waals surface area contributed by atoms with Crippen LogP contribution >= 0.6 is 12.4 Å². The molecule has 4 rings (SSSR count). The highest BCUT2D eigenvalue weighted by Crippen LogP contribution is 2.24. The van der Waals surface area contributed by atoms with Crippen LogP contribution in [0.1, 0.15) is 52.8 Å². The molecule has 1 saturated heterocycles. The van der Waals surface area contributed by atoms with Crippen LogP contribution in [0, 0.1) is 0 Å². The maximum absolute atomic E-state index is 13.3. The zero-order valence-corrected chi connectivity index (χ0v) is 17.9. The first-order valence-electron chi connectivity index (χ1n) is 10.6. The summed E-state index contributed by atoms with van der Waals surface area (Å²) < 4.78 is 0. The van der Waals surface area contributed by atoms with E-state index < -0.39 is 0 Å². The summed E-state index contributed by atoms with van der Waals surface area (Å²) in [6, 6.07) is 23.5. The number of halogens is 1. The summed E-state index contributed by atoms with van der Waals surface area (Å²) in [6.45, 7) is 1.73. The van der Waals surface area contributed by atoms with Crippen LogP contribution in [0.15, 0.2) is 72.8 Å². The quantitative estimate of drug-likeness (QED) is 0.441. The topological polar surface area (TPSA) is 37.4 Å². The first-order valence-corrected chi connectivity index (χ1v) is 10.6. The maximum Gasteiger partial charge on any atom is 0.179 e. The third-order valence-electron chi connectivity index (χ3n) is 5.90. The van der Waals surface area contributed by atoms with Gasteiger partial charge in [-0.15, -0.1) is 12.4 Å². The van der Waals surface area contributed by atoms with Crippen molar-refractivity contribution in [3.05, 3.63) is 83.9 Å². The van der Waals surface area contributed by atoms with Crippen molar-refractivity contribution >= 4 is 34.7 Å². The van der Waals surface area contributed by atoms with Crippen LogP contribution in [0.3, 0.4) is 0 Å². The Balaban J connectivity index is 0.00000256. The van der Waals surface area contributed by atoms with Crippen LogP contribution in [-0.2, 0) is 0 Å². The Kier molecular flexibility index (Phi) is 7.78. The summed E-state index contributed by atoms with van der Waals surface area (Å²) in [7, 11) is 0. The van der Waals surface area contributed by atoms with E-state index in [1.54, 1.807) is 0 Å². The number of carbonyl (C=O) groups excluding carboxylic acids is 2. The molecule has 1 fully saturated rings. The summed E-state index contributed by atoms with van der Waals surface area (Å²) in [5, 5.41) is 2.26. The molecule has 1 atom stereocenters. The Morgan fingerprint density at radius 2 is 1.57 bits per heavy atom. The lowest BCUT2D eigenvalue weighted by Crippen LogP contribution is -2.45. The molecule has 1 unspecified atom stereocenters. The standard InChI is InChI=1S/C26H27NO2.ClH/c28-25(21-10-2-1-3-11-21)14-8-18-27-17-7-6-13-24(27)26(29)23-16-15-20-9-4-5-12-22(20)19-23;/h1-5,9-12,15-16,19,24H,6-8,13-14,17-18H2;1H. The number of benzene rings is 3. The van der Waals surface area contributed by atoms with Crippen LogP contribution in [0.2, 0.25) is 0 Å². The Labute approximate surface area is 184 Å². The van der Waals surface area contributed by atoms with Crippen molar-refractivity contribution in [1.82, 2.24) is 4.90 Å². The average molecular weight is 422 g/mol. The van der Waals surface area contributed by atoms with Crippen LogP contribution in [0.4, 0.5) is 0 Å². The van der Waals surface area contributed by atoms with Crippen molar-refractivity contribution in [2.45, 2.75) is 38.1 Å². The fourth-order valence-electron chi connectivity index (χ4n) is 4.30. The molecular weight excluding hydrogens is 394 g/mol. The molecule has 0 amide bonds. The van der Waals surface area contributed by atoms with Crippen molar-refractivity contribution in [3.63, 3.8) is 0 Å². The van der Waals surface area contributed by atoms with E-state index in [0.29, 0.717) is 6.42 Å². The lowest BCUT2D eigenvalue weighted by atomic mass is 9.93. The molecule has 0 N–H and O–H groups in total. The molecule has 4 heteroatoms. The van der Waals surface area contributed by atoms with E-state index in [1.807, 2.05) is 60.7 Å². The normalized spacial score (nSPS) is 16.7. The number of piperidine rings is 1. The molecule has 1 aliphatic heterocycles. The number of ketones is 2. The Morgan fingerprint density at radius 3 is 2.37 bits per heavy atom. The van der Waals surface area contributed by atoms with Gasteiger partial charge in [-0.25, -0.2) is 0 Å². The van der Waals surface area contributed by atoms with Gasteiger partial charge in [-0.3, -0.25) is 14.5 Å². The van der Waals surface area contributed by atoms with E-state index in [1.165, 1.54) is 0 Å². The van der Waals surface area contributed by atoms with Crippen LogP contribution < -0.4 is 0 Å². The molecular formula is C26H28ClNO2. The number of rotatable bonds is 7. The van der Waals surface area contributed by atoms with Crippen LogP contribution in [0.5, 0.6) is 0 Å². The van der Waals surface area contributed by atoms with E-state index in [9.17, 15) is 9.59 Å². The number of hydrogen-bond donors (Lipinski definition) is 0. The van der Waals surface area contributed by atoms with E-state index in [-0.39, 0.29) is 30.0 Å². The van der Waals surface area contributed by atoms with Crippen molar-refractivity contribution in [2.75, 3.05) is 13.1 Å². The molecule has 3 aromatic rings. The van der Waals surface area contributed by atoms with Crippen molar-refractivity contribution in [2.24, 2.45) is 0 Å². The number of Topliss-reactive ketones (excluding diaryl/α,β-unsaturated/α-hetero) is 2. The van der Waals surface area contributed by atoms with Gasteiger partial charge in [-0.1, -0.05) is 73.2 Å². The monoisotopic (exact) mass is 421 g/mol. The van der Waals surface area contributed by atoms with E-state index in [4.69, 9.17) is 0 Å². The van der Waals surface area contributed by atoms with Gasteiger partial charge >= 0.3 is 0 Å². The van der Waals surface area contributed by atoms with Gasteiger partial charge in [0.05, 0.1) is 6.04 Å². The molecule has 3 nitrogen and oxygen atoms in total. The lowest BCUT2D eigenvalue weighted by Gasteiger charge is -2.34. The van der Waals surface area contributed by atoms with Gasteiger partial charge in [-0.05, 0) is 49.2 Å². The fourth-order valence-corrected chi connectivity index (χ4v) is 4.30. The third kappa shape index (κ3) is 5.16. The van der Waals surface area contributed by atoms with E-state index >= 15 is 0 Å². The molecule has 3 aromatic carbocycles. The highest BCUT2D eigenvalue weighted by atomic mass is 35.5. The molecule has 0 spiro atoms. The highest BCUT2D eigenvalue weighted by molar-refractivity contribution is 6.03. The van der Waals surface area contributed by atoms with Crippen molar-refractivity contribution < 1.29 is 9.59 Å². The smallest absolute Gasteiger partial charge is 0.179 e. The van der Waals surface area contributed by atoms with Crippen molar-refractivity contribution in [1.29, 1.82) is 0 Å². The predicted octanol–water partition coefficient (Wildman–Crippen LogP) is 5.96. The third-order valence-corrected chi connectivity index (χ3v) is 5.90. The van der Waals surface area contributed by atoms with Crippen LogP contribution in [0.25, 0.3) is 10.8 Å². The summed E-state index contributed by atoms with van der Waals surface area (Å²) >= 11 is 0. The zero-order chi connectivity index (χ0) is 20.1. The van der Waals surface area contributed by atoms with Gasteiger partial charge in [0.1, 0.15) is 0 Å². The number of likely N-dealkylation sites (tertiary alicyclic amines) is 1. The molecule has 0 aromatic heterocycles. The number of carbonyl (C=O) groups is 2. The number of hydrogen-bond acceptors (Lipinski definition) is 3. The summed E-state index contributed by atoms with van der Waals surface area (Å²) in [4.78, 5) is 27.9. The minimum Gasteiger partial charge on any atom is -0.294 e. The van der Waals surface area contributed by atoms with E-state index in [0.717, 1.165) is 60.7 Å². The summed E-state index contributed by atoms with van der Waals surface area (Å²) in [6.07, 6.45) is 4.42. The number of fused-ring (bicyclic) bond motifs is 1. The van der Waals surface area contributed by atoms with Crippen molar-refractivity contribution in [3.8, 4) is 0 Å². The molecule has 1 aliphatic rings. The minimum absolute atomic E-state index is 0. The van der Waals surface area contributed by atoms with Gasteiger partial charge < -0.3 is 0 Å². The molecule has 30 heavy (non-hydrogen) atoms. The minimum atomic E-state index is -0.0725. The first-order chi connectivity index (χ1) is 14.2. The molecule has 0 bridgehead atoms. The van der Waals surface area contributed by atoms with Crippen LogP contribution in [-0.4, -0.2) is 35.6 Å².